The summed E-state index contributed by atoms with van der Waals surface area (Å²) in [6.07, 6.45) is 14.2. The molecule has 0 unspecified atom stereocenters. The second kappa shape index (κ2) is 6.44. The van der Waals surface area contributed by atoms with E-state index < -0.39 is 0 Å². The number of piperidine rings is 1. The number of nitrogens with zero attached hydrogens (tertiary/aromatic N) is 2. The molecule has 0 spiro atoms. The number of nitrogens with one attached hydrogen (secondary N) is 1. The second-order valence-electron chi connectivity index (χ2n) is 5.19. The van der Waals surface area contributed by atoms with Gasteiger partial charge in [0.15, 0.2) is 0 Å². The Morgan fingerprint density at radius 2 is 1.70 bits per heavy atom. The predicted octanol–water partition coefficient (Wildman–Crippen LogP) is 3.11. The van der Waals surface area contributed by atoms with Crippen LogP contribution in [0.2, 0.25) is 0 Å². The fraction of sp³-hybridized carbons (Fsp3) is 0.294. The molecule has 3 heteroatoms. The minimum atomic E-state index is 0.651. The lowest BCUT2D eigenvalue weighted by Crippen LogP contribution is -2.26. The fourth-order valence-electron chi connectivity index (χ4n) is 2.61. The number of aromatic nitrogens is 2. The smallest absolute Gasteiger partial charge is 0.0340 e. The first-order chi connectivity index (χ1) is 9.92. The van der Waals surface area contributed by atoms with Crippen molar-refractivity contribution in [3.63, 3.8) is 0 Å². The molecule has 3 nitrogen and oxygen atoms in total. The minimum Gasteiger partial charge on any atom is -0.317 e. The van der Waals surface area contributed by atoms with E-state index in [1.165, 1.54) is 18.4 Å². The first kappa shape index (κ1) is 13.0. The summed E-state index contributed by atoms with van der Waals surface area (Å²) in [7, 11) is 0. The number of hydrogen-bond acceptors (Lipinski definition) is 3. The van der Waals surface area contributed by atoms with Crippen molar-refractivity contribution in [1.29, 1.82) is 0 Å². The van der Waals surface area contributed by atoms with Gasteiger partial charge in [-0.3, -0.25) is 9.97 Å². The van der Waals surface area contributed by atoms with Crippen molar-refractivity contribution in [2.45, 2.75) is 18.8 Å². The summed E-state index contributed by atoms with van der Waals surface area (Å²) in [5.74, 6) is 0.651. The summed E-state index contributed by atoms with van der Waals surface area (Å²) in [5.41, 5.74) is 3.69. The molecule has 0 saturated carbocycles. The Bertz CT molecular complexity index is 572. The maximum atomic E-state index is 4.39. The van der Waals surface area contributed by atoms with E-state index in [9.17, 15) is 0 Å². The lowest BCUT2D eigenvalue weighted by Gasteiger charge is -2.22. The number of hydrogen-bond donors (Lipinski definition) is 1. The van der Waals surface area contributed by atoms with Gasteiger partial charge in [-0.2, -0.15) is 0 Å². The molecule has 1 saturated heterocycles. The number of rotatable bonds is 3. The first-order valence-electron chi connectivity index (χ1n) is 7.15. The molecule has 20 heavy (non-hydrogen) atoms. The lowest BCUT2D eigenvalue weighted by atomic mass is 9.91. The molecule has 2 aromatic heterocycles. The van der Waals surface area contributed by atoms with Crippen molar-refractivity contribution < 1.29 is 0 Å². The zero-order valence-electron chi connectivity index (χ0n) is 11.5. The molecule has 0 bridgehead atoms. The lowest BCUT2D eigenvalue weighted by molar-refractivity contribution is 0.459. The van der Waals surface area contributed by atoms with E-state index in [2.05, 4.69) is 33.5 Å². The van der Waals surface area contributed by atoms with Crippen molar-refractivity contribution in [3.05, 3.63) is 59.7 Å². The average Bonchev–Trinajstić information content (AvgIpc) is 2.55. The van der Waals surface area contributed by atoms with Crippen LogP contribution in [0.4, 0.5) is 0 Å². The van der Waals surface area contributed by atoms with Crippen molar-refractivity contribution in [2.24, 2.45) is 0 Å². The van der Waals surface area contributed by atoms with E-state index in [0.717, 1.165) is 24.2 Å². The highest BCUT2D eigenvalue weighted by Crippen LogP contribution is 2.25. The molecule has 0 aliphatic carbocycles. The van der Waals surface area contributed by atoms with E-state index in [4.69, 9.17) is 0 Å². The quantitative estimate of drug-likeness (QED) is 0.926. The molecule has 1 N–H and O–H groups in total. The second-order valence-corrected chi connectivity index (χ2v) is 5.19. The van der Waals surface area contributed by atoms with E-state index in [-0.39, 0.29) is 0 Å². The fourth-order valence-corrected chi connectivity index (χ4v) is 2.61. The van der Waals surface area contributed by atoms with Gasteiger partial charge in [0.1, 0.15) is 0 Å². The molecule has 3 heterocycles. The van der Waals surface area contributed by atoms with E-state index in [1.54, 1.807) is 0 Å². The van der Waals surface area contributed by atoms with Crippen molar-refractivity contribution in [3.8, 4) is 0 Å². The Labute approximate surface area is 119 Å². The van der Waals surface area contributed by atoms with Gasteiger partial charge in [-0.25, -0.2) is 0 Å². The van der Waals surface area contributed by atoms with Crippen LogP contribution in [-0.4, -0.2) is 23.1 Å². The molecule has 2 aromatic rings. The van der Waals surface area contributed by atoms with Crippen LogP contribution in [0.1, 0.15) is 35.4 Å². The van der Waals surface area contributed by atoms with E-state index in [0.29, 0.717) is 5.92 Å². The molecule has 0 radical (unpaired) electrons. The standard InChI is InChI=1S/C17H19N3/c1(14-3-7-18-8-4-14)2-15-11-17(13-20-12-15)16-5-9-19-10-6-16/h1-4,7-8,11-13,16,19H,5-6,9-10H2/b2-1+. The van der Waals surface area contributed by atoms with Gasteiger partial charge in [0.05, 0.1) is 0 Å². The van der Waals surface area contributed by atoms with Crippen molar-refractivity contribution in [1.82, 2.24) is 15.3 Å². The summed E-state index contributed by atoms with van der Waals surface area (Å²) >= 11 is 0. The summed E-state index contributed by atoms with van der Waals surface area (Å²) in [5, 5.41) is 3.41. The Kier molecular flexibility index (Phi) is 4.19. The largest absolute Gasteiger partial charge is 0.317 e. The van der Waals surface area contributed by atoms with Crippen LogP contribution >= 0.6 is 0 Å². The van der Waals surface area contributed by atoms with Crippen LogP contribution in [0, 0.1) is 0 Å². The highest BCUT2D eigenvalue weighted by Gasteiger charge is 2.15. The van der Waals surface area contributed by atoms with Crippen LogP contribution in [0.5, 0.6) is 0 Å². The maximum Gasteiger partial charge on any atom is 0.0340 e. The zero-order valence-corrected chi connectivity index (χ0v) is 11.5. The Morgan fingerprint density at radius 1 is 0.950 bits per heavy atom. The molecule has 1 aliphatic heterocycles. The van der Waals surface area contributed by atoms with Crippen LogP contribution in [-0.2, 0) is 0 Å². The van der Waals surface area contributed by atoms with Gasteiger partial charge in [-0.1, -0.05) is 12.2 Å². The zero-order chi connectivity index (χ0) is 13.6. The van der Waals surface area contributed by atoms with Gasteiger partial charge >= 0.3 is 0 Å². The molecule has 1 aliphatic rings. The SMILES string of the molecule is C(=C\c1cncc(C2CCNCC2)c1)/c1ccncc1. The van der Waals surface area contributed by atoms with Crippen LogP contribution in [0.3, 0.4) is 0 Å². The highest BCUT2D eigenvalue weighted by molar-refractivity contribution is 5.69. The van der Waals surface area contributed by atoms with Crippen LogP contribution in [0.25, 0.3) is 12.2 Å². The van der Waals surface area contributed by atoms with E-state index >= 15 is 0 Å². The Morgan fingerprint density at radius 3 is 2.50 bits per heavy atom. The molecule has 0 aromatic carbocycles. The van der Waals surface area contributed by atoms with Gasteiger partial charge in [-0.15, -0.1) is 0 Å². The summed E-state index contributed by atoms with van der Waals surface area (Å²) in [6.45, 7) is 2.23. The van der Waals surface area contributed by atoms with Crippen LogP contribution in [0.15, 0.2) is 43.0 Å². The Hall–Kier alpha value is -2.00. The molecule has 102 valence electrons. The summed E-state index contributed by atoms with van der Waals surface area (Å²) in [6, 6.07) is 6.27. The van der Waals surface area contributed by atoms with Gasteiger partial charge in [0, 0.05) is 24.8 Å². The molecule has 0 atom stereocenters. The highest BCUT2D eigenvalue weighted by atomic mass is 14.9. The first-order valence-corrected chi connectivity index (χ1v) is 7.15. The molecule has 3 rings (SSSR count). The third-order valence-corrected chi connectivity index (χ3v) is 3.77. The third-order valence-electron chi connectivity index (χ3n) is 3.77. The molecular weight excluding hydrogens is 246 g/mol. The van der Waals surface area contributed by atoms with Crippen molar-refractivity contribution in [2.75, 3.05) is 13.1 Å². The molecule has 0 amide bonds. The van der Waals surface area contributed by atoms with Gasteiger partial charge in [-0.05, 0) is 66.7 Å². The summed E-state index contributed by atoms with van der Waals surface area (Å²) in [4.78, 5) is 8.41. The molecule has 1 fully saturated rings. The van der Waals surface area contributed by atoms with Gasteiger partial charge < -0.3 is 5.32 Å². The normalized spacial score (nSPS) is 16.6. The minimum absolute atomic E-state index is 0.651. The van der Waals surface area contributed by atoms with Gasteiger partial charge in [0.25, 0.3) is 0 Å². The predicted molar refractivity (Wildman–Crippen MR) is 82.2 cm³/mol. The average molecular weight is 265 g/mol. The van der Waals surface area contributed by atoms with Crippen molar-refractivity contribution >= 4 is 12.2 Å². The maximum absolute atomic E-state index is 4.39. The molecular formula is C17H19N3. The van der Waals surface area contributed by atoms with Crippen LogP contribution < -0.4 is 5.32 Å². The Balaban J connectivity index is 1.75. The summed E-state index contributed by atoms with van der Waals surface area (Å²) < 4.78 is 0. The monoisotopic (exact) mass is 265 g/mol. The topological polar surface area (TPSA) is 37.8 Å². The van der Waals surface area contributed by atoms with Gasteiger partial charge in [0.2, 0.25) is 0 Å². The van der Waals surface area contributed by atoms with E-state index in [1.807, 2.05) is 36.9 Å². The number of pyridine rings is 2. The third kappa shape index (κ3) is 3.31.